The zero-order chi connectivity index (χ0) is 23.3. The number of rotatable bonds is 7. The molecule has 178 valence electrons. The molecule has 1 N–H and O–H groups in total. The number of carbonyl (C=O) groups is 1. The van der Waals surface area contributed by atoms with Crippen molar-refractivity contribution in [2.75, 3.05) is 45.9 Å². The third-order valence-corrected chi connectivity index (χ3v) is 8.54. The molecule has 2 aromatic carbocycles. The van der Waals surface area contributed by atoms with Gasteiger partial charge in [-0.1, -0.05) is 48.0 Å². The molecule has 7 nitrogen and oxygen atoms in total. The van der Waals surface area contributed by atoms with Crippen LogP contribution in [0.4, 0.5) is 0 Å². The molecule has 0 aliphatic carbocycles. The van der Waals surface area contributed by atoms with E-state index < -0.39 is 10.0 Å². The van der Waals surface area contributed by atoms with E-state index in [-0.39, 0.29) is 17.9 Å². The number of sulfonamides is 1. The number of piperidine rings is 1. The van der Waals surface area contributed by atoms with Crippen LogP contribution in [0.1, 0.15) is 30.0 Å². The summed E-state index contributed by atoms with van der Waals surface area (Å²) in [6.45, 7) is 6.26. The Balaban J connectivity index is 1.34. The highest BCUT2D eigenvalue weighted by Gasteiger charge is 2.32. The number of nitrogens with zero attached hydrogens (tertiary/aromatic N) is 2. The van der Waals surface area contributed by atoms with Crippen molar-refractivity contribution in [3.63, 3.8) is 0 Å². The molecule has 1 atom stereocenters. The van der Waals surface area contributed by atoms with Gasteiger partial charge in [-0.3, -0.25) is 9.69 Å². The normalized spacial score (nSPS) is 19.8. The Hall–Kier alpha value is -2.26. The minimum atomic E-state index is -3.52. The van der Waals surface area contributed by atoms with Crippen molar-refractivity contribution < 1.29 is 17.9 Å². The lowest BCUT2D eigenvalue weighted by molar-refractivity contribution is -0.126. The van der Waals surface area contributed by atoms with Crippen molar-refractivity contribution in [1.29, 1.82) is 0 Å². The van der Waals surface area contributed by atoms with Gasteiger partial charge in [-0.05, 0) is 37.5 Å². The van der Waals surface area contributed by atoms with E-state index >= 15 is 0 Å². The lowest BCUT2D eigenvalue weighted by atomic mass is 9.97. The highest BCUT2D eigenvalue weighted by molar-refractivity contribution is 7.89. The molecule has 1 amide bonds. The topological polar surface area (TPSA) is 79.0 Å². The highest BCUT2D eigenvalue weighted by atomic mass is 32.2. The highest BCUT2D eigenvalue weighted by Crippen LogP contribution is 2.25. The summed E-state index contributed by atoms with van der Waals surface area (Å²) >= 11 is 0. The van der Waals surface area contributed by atoms with E-state index in [0.29, 0.717) is 50.6 Å². The van der Waals surface area contributed by atoms with E-state index in [1.807, 2.05) is 37.3 Å². The van der Waals surface area contributed by atoms with Gasteiger partial charge in [0.25, 0.3) is 0 Å². The third kappa shape index (κ3) is 5.81. The Labute approximate surface area is 196 Å². The van der Waals surface area contributed by atoms with Crippen molar-refractivity contribution in [2.24, 2.45) is 5.92 Å². The number of amides is 1. The molecule has 2 fully saturated rings. The summed E-state index contributed by atoms with van der Waals surface area (Å²) in [4.78, 5) is 15.6. The van der Waals surface area contributed by atoms with E-state index in [1.165, 1.54) is 9.87 Å². The van der Waals surface area contributed by atoms with Crippen LogP contribution < -0.4 is 5.32 Å². The van der Waals surface area contributed by atoms with Crippen LogP contribution in [0.3, 0.4) is 0 Å². The zero-order valence-corrected chi connectivity index (χ0v) is 20.0. The smallest absolute Gasteiger partial charge is 0.243 e. The standard InChI is InChI=1S/C25H33N3O4S/c1-20-7-9-23(10-8-20)33(30,31)28-13-11-22(12-14-28)25(29)26-19-24(21-5-3-2-4-6-21)27-15-17-32-18-16-27/h2-10,22,24H,11-19H2,1H3,(H,26,29). The van der Waals surface area contributed by atoms with E-state index in [0.717, 1.165) is 18.7 Å². The van der Waals surface area contributed by atoms with Crippen LogP contribution >= 0.6 is 0 Å². The fourth-order valence-corrected chi connectivity index (χ4v) is 6.05. The number of ether oxygens (including phenoxy) is 1. The lowest BCUT2D eigenvalue weighted by Crippen LogP contribution is -2.46. The molecule has 0 spiro atoms. The maximum absolute atomic E-state index is 13.0. The monoisotopic (exact) mass is 471 g/mol. The van der Waals surface area contributed by atoms with Gasteiger partial charge in [-0.2, -0.15) is 4.31 Å². The molecular weight excluding hydrogens is 438 g/mol. The molecule has 0 aromatic heterocycles. The maximum atomic E-state index is 13.0. The predicted octanol–water partition coefficient (Wildman–Crippen LogP) is 2.59. The van der Waals surface area contributed by atoms with E-state index in [1.54, 1.807) is 12.1 Å². The van der Waals surface area contributed by atoms with Gasteiger partial charge in [0, 0.05) is 38.6 Å². The number of carbonyl (C=O) groups excluding carboxylic acids is 1. The van der Waals surface area contributed by atoms with Crippen LogP contribution in [0.5, 0.6) is 0 Å². The second-order valence-electron chi connectivity index (χ2n) is 8.81. The van der Waals surface area contributed by atoms with Gasteiger partial charge in [0.15, 0.2) is 0 Å². The lowest BCUT2D eigenvalue weighted by Gasteiger charge is -2.35. The number of nitrogens with one attached hydrogen (secondary N) is 1. The number of morpholine rings is 1. The molecule has 33 heavy (non-hydrogen) atoms. The molecule has 8 heteroatoms. The van der Waals surface area contributed by atoms with E-state index in [4.69, 9.17) is 4.74 Å². The molecular formula is C25H33N3O4S. The Kier molecular flexibility index (Phi) is 7.80. The first kappa shape index (κ1) is 23.9. The summed E-state index contributed by atoms with van der Waals surface area (Å²) in [5.41, 5.74) is 2.20. The van der Waals surface area contributed by atoms with Crippen LogP contribution in [0.2, 0.25) is 0 Å². The molecule has 4 rings (SSSR count). The first-order chi connectivity index (χ1) is 15.9. The van der Waals surface area contributed by atoms with Gasteiger partial charge in [0.1, 0.15) is 0 Å². The second-order valence-corrected chi connectivity index (χ2v) is 10.7. The van der Waals surface area contributed by atoms with Gasteiger partial charge in [0.05, 0.1) is 24.2 Å². The van der Waals surface area contributed by atoms with Crippen LogP contribution in [-0.4, -0.2) is 69.5 Å². The molecule has 1 unspecified atom stereocenters. The van der Waals surface area contributed by atoms with Crippen molar-refractivity contribution >= 4 is 15.9 Å². The Morgan fingerprint density at radius 1 is 1.00 bits per heavy atom. The van der Waals surface area contributed by atoms with Crippen LogP contribution in [0.15, 0.2) is 59.5 Å². The van der Waals surface area contributed by atoms with Gasteiger partial charge < -0.3 is 10.1 Å². The van der Waals surface area contributed by atoms with Crippen molar-refractivity contribution in [2.45, 2.75) is 30.7 Å². The summed E-state index contributed by atoms with van der Waals surface area (Å²) in [6.07, 6.45) is 1.06. The summed E-state index contributed by atoms with van der Waals surface area (Å²) in [5.74, 6) is -0.160. The number of hydrogen-bond acceptors (Lipinski definition) is 5. The van der Waals surface area contributed by atoms with Gasteiger partial charge in [0.2, 0.25) is 15.9 Å². The van der Waals surface area contributed by atoms with Gasteiger partial charge in [-0.25, -0.2) is 8.42 Å². The van der Waals surface area contributed by atoms with Crippen LogP contribution in [0, 0.1) is 12.8 Å². The van der Waals surface area contributed by atoms with E-state index in [9.17, 15) is 13.2 Å². The van der Waals surface area contributed by atoms with Gasteiger partial charge in [-0.15, -0.1) is 0 Å². The SMILES string of the molecule is Cc1ccc(S(=O)(=O)N2CCC(C(=O)NCC(c3ccccc3)N3CCOCC3)CC2)cc1. The third-order valence-electron chi connectivity index (χ3n) is 6.62. The number of benzene rings is 2. The van der Waals surface area contributed by atoms with E-state index in [2.05, 4.69) is 22.3 Å². The Morgan fingerprint density at radius 2 is 1.64 bits per heavy atom. The second kappa shape index (κ2) is 10.8. The molecule has 0 bridgehead atoms. The minimum absolute atomic E-state index is 0.0107. The molecule has 0 saturated carbocycles. The molecule has 2 aliphatic rings. The molecule has 2 heterocycles. The first-order valence-corrected chi connectivity index (χ1v) is 13.1. The average Bonchev–Trinajstić information content (AvgIpc) is 2.86. The van der Waals surface area contributed by atoms with Crippen molar-refractivity contribution in [3.8, 4) is 0 Å². The Morgan fingerprint density at radius 3 is 2.27 bits per heavy atom. The largest absolute Gasteiger partial charge is 0.379 e. The molecule has 2 aromatic rings. The first-order valence-electron chi connectivity index (χ1n) is 11.7. The quantitative estimate of drug-likeness (QED) is 0.672. The number of aryl methyl sites for hydroxylation is 1. The maximum Gasteiger partial charge on any atom is 0.243 e. The number of hydrogen-bond donors (Lipinski definition) is 1. The van der Waals surface area contributed by atoms with Gasteiger partial charge >= 0.3 is 0 Å². The van der Waals surface area contributed by atoms with Crippen LogP contribution in [0.25, 0.3) is 0 Å². The van der Waals surface area contributed by atoms with Crippen molar-refractivity contribution in [3.05, 3.63) is 65.7 Å². The summed E-state index contributed by atoms with van der Waals surface area (Å²) in [6, 6.07) is 17.3. The molecule has 2 aliphatic heterocycles. The predicted molar refractivity (Wildman–Crippen MR) is 127 cm³/mol. The minimum Gasteiger partial charge on any atom is -0.379 e. The molecule has 0 radical (unpaired) electrons. The summed E-state index contributed by atoms with van der Waals surface area (Å²) in [7, 11) is -3.52. The van der Waals surface area contributed by atoms with Crippen molar-refractivity contribution in [1.82, 2.24) is 14.5 Å². The fourth-order valence-electron chi connectivity index (χ4n) is 4.58. The average molecular weight is 472 g/mol. The molecule has 2 saturated heterocycles. The summed E-state index contributed by atoms with van der Waals surface area (Å²) in [5, 5.41) is 3.15. The summed E-state index contributed by atoms with van der Waals surface area (Å²) < 4.78 is 32.9. The zero-order valence-electron chi connectivity index (χ0n) is 19.2. The van der Waals surface area contributed by atoms with Crippen LogP contribution in [-0.2, 0) is 19.6 Å². The fraction of sp³-hybridized carbons (Fsp3) is 0.480. The Bertz CT molecular complexity index is 1010.